The van der Waals surface area contributed by atoms with Gasteiger partial charge in [0.1, 0.15) is 0 Å². The molecule has 6 nitrogen and oxygen atoms in total. The summed E-state index contributed by atoms with van der Waals surface area (Å²) in [6.07, 6.45) is 8.84. The molecule has 0 aromatic carbocycles. The van der Waals surface area contributed by atoms with Gasteiger partial charge in [0.15, 0.2) is 12.2 Å². The van der Waals surface area contributed by atoms with E-state index in [-0.39, 0.29) is 41.8 Å². The molecule has 0 aromatic heterocycles. The second-order valence-electron chi connectivity index (χ2n) is 12.1. The van der Waals surface area contributed by atoms with Gasteiger partial charge in [-0.05, 0) is 43.1 Å². The molecule has 0 bridgehead atoms. The Hall–Kier alpha value is -2.21. The van der Waals surface area contributed by atoms with Crippen LogP contribution in [0.15, 0.2) is 36.0 Å². The van der Waals surface area contributed by atoms with Crippen LogP contribution in [0.4, 0.5) is 0 Å². The highest BCUT2D eigenvalue weighted by Crippen LogP contribution is 2.73. The predicted octanol–water partition coefficient (Wildman–Crippen LogP) is 5.10. The molecule has 0 unspecified atom stereocenters. The maximum atomic E-state index is 13.9. The van der Waals surface area contributed by atoms with Crippen molar-refractivity contribution in [2.24, 2.45) is 34.0 Å². The molecule has 1 N–H and O–H groups in total. The number of Topliss-reactive ketones (excluding diaryl/α,β-unsaturated/α-hetero) is 1. The summed E-state index contributed by atoms with van der Waals surface area (Å²) in [6, 6.07) is 0. The highest BCUT2D eigenvalue weighted by molar-refractivity contribution is 5.93. The van der Waals surface area contributed by atoms with Crippen LogP contribution in [-0.2, 0) is 23.9 Å². The number of hydrogen-bond acceptors (Lipinski definition) is 6. The zero-order chi connectivity index (χ0) is 26.7. The summed E-state index contributed by atoms with van der Waals surface area (Å²) in [6.45, 7) is 15.5. The van der Waals surface area contributed by atoms with Crippen LogP contribution in [0.5, 0.6) is 0 Å². The fraction of sp³-hybridized carbons (Fsp3) is 0.700. The van der Waals surface area contributed by atoms with Gasteiger partial charge >= 0.3 is 11.9 Å². The molecule has 4 aliphatic rings. The molecule has 8 atom stereocenters. The number of allylic oxidation sites excluding steroid dienone is 5. The Morgan fingerprint density at radius 2 is 1.78 bits per heavy atom. The van der Waals surface area contributed by atoms with E-state index in [4.69, 9.17) is 9.47 Å². The minimum atomic E-state index is -1.45. The third-order valence-electron chi connectivity index (χ3n) is 10.7. The van der Waals surface area contributed by atoms with Gasteiger partial charge in [-0.2, -0.15) is 0 Å². The highest BCUT2D eigenvalue weighted by Gasteiger charge is 2.75. The number of ketones is 1. The summed E-state index contributed by atoms with van der Waals surface area (Å²) < 4.78 is 11.4. The first-order chi connectivity index (χ1) is 16.8. The third-order valence-corrected chi connectivity index (χ3v) is 10.7. The molecule has 36 heavy (non-hydrogen) atoms. The van der Waals surface area contributed by atoms with Crippen molar-refractivity contribution in [3.05, 3.63) is 36.0 Å². The summed E-state index contributed by atoms with van der Waals surface area (Å²) >= 11 is 0. The zero-order valence-electron chi connectivity index (χ0n) is 22.7. The van der Waals surface area contributed by atoms with Crippen LogP contribution in [0, 0.1) is 34.0 Å². The summed E-state index contributed by atoms with van der Waals surface area (Å²) in [7, 11) is 0. The Morgan fingerprint density at radius 3 is 2.42 bits per heavy atom. The molecule has 0 aromatic rings. The van der Waals surface area contributed by atoms with E-state index in [2.05, 4.69) is 32.6 Å². The van der Waals surface area contributed by atoms with E-state index >= 15 is 0 Å². The Kier molecular flexibility index (Phi) is 6.69. The number of ether oxygens (including phenoxy) is 2. The number of rotatable bonds is 6. The van der Waals surface area contributed by atoms with E-state index in [0.29, 0.717) is 12.8 Å². The molecular weight excluding hydrogens is 456 g/mol. The number of hydrogen-bond donors (Lipinski definition) is 1. The second kappa shape index (κ2) is 8.97. The third kappa shape index (κ3) is 3.43. The van der Waals surface area contributed by atoms with Crippen molar-refractivity contribution in [2.45, 2.75) is 91.8 Å². The molecule has 198 valence electrons. The van der Waals surface area contributed by atoms with Crippen LogP contribution in [0.1, 0.15) is 80.1 Å². The van der Waals surface area contributed by atoms with Crippen LogP contribution < -0.4 is 0 Å². The van der Waals surface area contributed by atoms with Gasteiger partial charge in [0.05, 0.1) is 6.10 Å². The monoisotopic (exact) mass is 498 g/mol. The quantitative estimate of drug-likeness (QED) is 0.512. The Bertz CT molecular complexity index is 1040. The van der Waals surface area contributed by atoms with E-state index in [1.54, 1.807) is 13.8 Å². The number of esters is 2. The van der Waals surface area contributed by atoms with Crippen LogP contribution in [0.25, 0.3) is 0 Å². The minimum Gasteiger partial charge on any atom is -0.457 e. The van der Waals surface area contributed by atoms with Crippen molar-refractivity contribution >= 4 is 17.7 Å². The number of aliphatic hydroxyl groups is 1. The fourth-order valence-corrected chi connectivity index (χ4v) is 8.51. The van der Waals surface area contributed by atoms with Crippen molar-refractivity contribution in [3.8, 4) is 0 Å². The molecule has 3 fully saturated rings. The average Bonchev–Trinajstić information content (AvgIpc) is 3.05. The maximum absolute atomic E-state index is 13.9. The lowest BCUT2D eigenvalue weighted by atomic mass is 9.39. The van der Waals surface area contributed by atoms with Gasteiger partial charge in [-0.1, -0.05) is 71.9 Å². The average molecular weight is 499 g/mol. The lowest BCUT2D eigenvalue weighted by molar-refractivity contribution is -0.221. The maximum Gasteiger partial charge on any atom is 0.306 e. The molecule has 6 heteroatoms. The molecule has 4 aliphatic carbocycles. The summed E-state index contributed by atoms with van der Waals surface area (Å²) in [4.78, 5) is 38.6. The largest absolute Gasteiger partial charge is 0.457 e. The first kappa shape index (κ1) is 26.8. The summed E-state index contributed by atoms with van der Waals surface area (Å²) in [5.41, 5.74) is -0.723. The fourth-order valence-electron chi connectivity index (χ4n) is 8.51. The number of carbonyl (C=O) groups is 3. The Balaban J connectivity index is 1.80. The molecule has 0 saturated heterocycles. The zero-order valence-corrected chi connectivity index (χ0v) is 22.7. The lowest BCUT2D eigenvalue weighted by Crippen LogP contribution is -2.67. The van der Waals surface area contributed by atoms with Crippen LogP contribution in [0.3, 0.4) is 0 Å². The molecule has 4 rings (SSSR count). The van der Waals surface area contributed by atoms with E-state index in [1.165, 1.54) is 5.57 Å². The first-order valence-electron chi connectivity index (χ1n) is 13.5. The normalized spacial score (nSPS) is 43.1. The smallest absolute Gasteiger partial charge is 0.306 e. The Morgan fingerprint density at radius 1 is 1.11 bits per heavy atom. The summed E-state index contributed by atoms with van der Waals surface area (Å²) in [5.74, 6) is -1.37. The molecule has 0 amide bonds. The van der Waals surface area contributed by atoms with Gasteiger partial charge in [0.25, 0.3) is 0 Å². The minimum absolute atomic E-state index is 0.0632. The van der Waals surface area contributed by atoms with Crippen molar-refractivity contribution in [1.29, 1.82) is 0 Å². The van der Waals surface area contributed by atoms with Gasteiger partial charge < -0.3 is 14.6 Å². The molecule has 0 radical (unpaired) electrons. The lowest BCUT2D eigenvalue weighted by Gasteiger charge is -2.65. The predicted molar refractivity (Wildman–Crippen MR) is 137 cm³/mol. The van der Waals surface area contributed by atoms with Gasteiger partial charge in [-0.25, -0.2) is 0 Å². The number of fused-ring (bicyclic) bond motifs is 5. The number of aliphatic hydroxyl groups excluding tert-OH is 1. The van der Waals surface area contributed by atoms with Crippen molar-refractivity contribution in [2.75, 3.05) is 6.61 Å². The topological polar surface area (TPSA) is 89.9 Å². The van der Waals surface area contributed by atoms with Gasteiger partial charge in [-0.3, -0.25) is 14.4 Å². The van der Waals surface area contributed by atoms with Crippen LogP contribution in [0.2, 0.25) is 0 Å². The molecule has 0 aliphatic heterocycles. The van der Waals surface area contributed by atoms with Crippen molar-refractivity contribution < 1.29 is 29.0 Å². The first-order valence-corrected chi connectivity index (χ1v) is 13.5. The number of carbonyl (C=O) groups excluding carboxylic acids is 3. The van der Waals surface area contributed by atoms with Crippen LogP contribution in [-0.4, -0.2) is 41.1 Å². The molecule has 0 spiro atoms. The highest BCUT2D eigenvalue weighted by atomic mass is 16.6. The van der Waals surface area contributed by atoms with E-state index < -0.39 is 41.1 Å². The van der Waals surface area contributed by atoms with E-state index in [0.717, 1.165) is 18.4 Å². The standard InChI is InChI=1S/C30H42O6/c1-8-25(33)35-17-24(32)30(36-26(34)9-2)19(4)15-22-21-11-10-20-14-18(3)12-13-27(20,5)29(21,7)23(31)16-28(22,30)6/h12-14,19,21-23,31H,3,8-11,15-17H2,1-2,4-7H3/t19-,21-,22-,23-,27-,28-,29+,30-/m0/s1. The van der Waals surface area contributed by atoms with Gasteiger partial charge in [0.2, 0.25) is 5.78 Å². The van der Waals surface area contributed by atoms with Crippen molar-refractivity contribution in [3.63, 3.8) is 0 Å². The SMILES string of the molecule is C=C1C=C[C@@]2(C)C(=C1)CC[C@H]1[C@@H]3C[C@H](C)[C@](OC(=O)CC)(C(=O)COC(=O)CC)[C@@]3(C)C[C@H](O)[C@@]12C. The summed E-state index contributed by atoms with van der Waals surface area (Å²) in [5, 5.41) is 12.0. The molecular formula is C30H42O6. The molecule has 3 saturated carbocycles. The molecule has 0 heterocycles. The van der Waals surface area contributed by atoms with E-state index in [1.807, 2.05) is 19.9 Å². The van der Waals surface area contributed by atoms with Gasteiger partial charge in [0, 0.05) is 35.0 Å². The Labute approximate surface area is 215 Å². The van der Waals surface area contributed by atoms with E-state index in [9.17, 15) is 19.5 Å². The van der Waals surface area contributed by atoms with Crippen molar-refractivity contribution in [1.82, 2.24) is 0 Å². The van der Waals surface area contributed by atoms with Crippen LogP contribution >= 0.6 is 0 Å². The second-order valence-corrected chi connectivity index (χ2v) is 12.1. The van der Waals surface area contributed by atoms with Gasteiger partial charge in [-0.15, -0.1) is 0 Å².